The summed E-state index contributed by atoms with van der Waals surface area (Å²) in [5.74, 6) is -0.0803. The minimum Gasteiger partial charge on any atom is -0.466 e. The van der Waals surface area contributed by atoms with Crippen molar-refractivity contribution >= 4 is 11.9 Å². The molecule has 6 heteroatoms. The van der Waals surface area contributed by atoms with Crippen LogP contribution in [0.25, 0.3) is 0 Å². The minimum atomic E-state index is -0.0426. The van der Waals surface area contributed by atoms with Crippen LogP contribution in [0, 0.1) is 0 Å². The summed E-state index contributed by atoms with van der Waals surface area (Å²) in [6.07, 6.45) is 30.5. The van der Waals surface area contributed by atoms with E-state index in [9.17, 15) is 14.7 Å². The van der Waals surface area contributed by atoms with Crippen molar-refractivity contribution in [3.8, 4) is 0 Å². The number of esters is 2. The van der Waals surface area contributed by atoms with Gasteiger partial charge in [0.2, 0.25) is 0 Å². The third kappa shape index (κ3) is 30.9. The third-order valence-corrected chi connectivity index (χ3v) is 8.70. The van der Waals surface area contributed by atoms with E-state index in [1.54, 1.807) is 0 Å². The second-order valence-electron chi connectivity index (χ2n) is 13.0. The lowest BCUT2D eigenvalue weighted by Gasteiger charge is -2.22. The van der Waals surface area contributed by atoms with Crippen LogP contribution in [-0.2, 0) is 19.1 Å². The highest BCUT2D eigenvalue weighted by Gasteiger charge is 2.15. The van der Waals surface area contributed by atoms with Crippen LogP contribution >= 0.6 is 0 Å². The maximum atomic E-state index is 12.7. The second-order valence-corrected chi connectivity index (χ2v) is 13.0. The molecule has 0 saturated heterocycles. The van der Waals surface area contributed by atoms with Crippen LogP contribution in [-0.4, -0.2) is 60.9 Å². The van der Waals surface area contributed by atoms with E-state index in [1.165, 1.54) is 96.3 Å². The fourth-order valence-corrected chi connectivity index (χ4v) is 5.80. The molecule has 262 valence electrons. The van der Waals surface area contributed by atoms with E-state index in [4.69, 9.17) is 9.47 Å². The fraction of sp³-hybridized carbons (Fsp3) is 0.947. The van der Waals surface area contributed by atoms with E-state index in [2.05, 4.69) is 25.7 Å². The summed E-state index contributed by atoms with van der Waals surface area (Å²) in [4.78, 5) is 26.7. The van der Waals surface area contributed by atoms with E-state index in [-0.39, 0.29) is 24.6 Å². The first kappa shape index (κ1) is 42.9. The lowest BCUT2D eigenvalue weighted by Crippen LogP contribution is -2.29. The van der Waals surface area contributed by atoms with Gasteiger partial charge in [-0.25, -0.2) is 0 Å². The maximum Gasteiger partial charge on any atom is 0.306 e. The van der Waals surface area contributed by atoms with Gasteiger partial charge in [-0.15, -0.1) is 0 Å². The van der Waals surface area contributed by atoms with Gasteiger partial charge in [0.1, 0.15) is 6.10 Å². The number of rotatable bonds is 35. The number of hydrogen-bond acceptors (Lipinski definition) is 6. The molecule has 0 unspecified atom stereocenters. The number of unbranched alkanes of at least 4 members (excludes halogenated alkanes) is 18. The highest BCUT2D eigenvalue weighted by atomic mass is 16.5. The average Bonchev–Trinajstić information content (AvgIpc) is 3.01. The molecule has 0 rings (SSSR count). The van der Waals surface area contributed by atoms with Gasteiger partial charge in [0, 0.05) is 19.4 Å². The number of aliphatic hydroxyl groups excluding tert-OH is 1. The number of aliphatic hydroxyl groups is 1. The first-order valence-electron chi connectivity index (χ1n) is 19.3. The summed E-state index contributed by atoms with van der Waals surface area (Å²) in [6.45, 7) is 9.84. The van der Waals surface area contributed by atoms with Gasteiger partial charge in [-0.3, -0.25) is 9.59 Å². The van der Waals surface area contributed by atoms with Gasteiger partial charge < -0.3 is 19.5 Å². The fourth-order valence-electron chi connectivity index (χ4n) is 5.80. The highest BCUT2D eigenvalue weighted by molar-refractivity contribution is 5.69. The Labute approximate surface area is 273 Å². The molecule has 0 radical (unpaired) electrons. The smallest absolute Gasteiger partial charge is 0.306 e. The average molecular weight is 626 g/mol. The lowest BCUT2D eigenvalue weighted by molar-refractivity contribution is -0.150. The highest BCUT2D eigenvalue weighted by Crippen LogP contribution is 2.18. The Hall–Kier alpha value is -1.14. The van der Waals surface area contributed by atoms with Gasteiger partial charge in [-0.2, -0.15) is 0 Å². The summed E-state index contributed by atoms with van der Waals surface area (Å²) in [7, 11) is 0. The SMILES string of the molecule is CCCCCCCCC(CCCCCCCC)OC(=O)CCCN(CCO)CCCCCCCCCCC(=O)OCCCC. The predicted octanol–water partition coefficient (Wildman–Crippen LogP) is 10.3. The van der Waals surface area contributed by atoms with E-state index in [1.807, 2.05) is 0 Å². The first-order chi connectivity index (χ1) is 21.6. The summed E-state index contributed by atoms with van der Waals surface area (Å²) in [5, 5.41) is 9.53. The van der Waals surface area contributed by atoms with E-state index in [0.717, 1.165) is 77.3 Å². The molecule has 0 amide bonds. The van der Waals surface area contributed by atoms with Crippen molar-refractivity contribution in [3.05, 3.63) is 0 Å². The number of carbonyl (C=O) groups excluding carboxylic acids is 2. The van der Waals surface area contributed by atoms with Crippen LogP contribution in [0.1, 0.15) is 194 Å². The van der Waals surface area contributed by atoms with Crippen LogP contribution in [0.3, 0.4) is 0 Å². The summed E-state index contributed by atoms with van der Waals surface area (Å²) >= 11 is 0. The molecule has 0 aliphatic rings. The standard InChI is InChI=1S/C38H75NO5/c1-4-7-10-12-18-22-27-36(28-23-19-13-11-8-5-2)44-38(42)30-26-32-39(33-34-40)31-25-21-17-15-14-16-20-24-29-37(41)43-35-9-6-3/h36,40H,4-35H2,1-3H3. The van der Waals surface area contributed by atoms with Crippen LogP contribution in [0.4, 0.5) is 0 Å². The predicted molar refractivity (Wildman–Crippen MR) is 186 cm³/mol. The topological polar surface area (TPSA) is 76.1 Å². The Bertz CT molecular complexity index is 598. The van der Waals surface area contributed by atoms with E-state index >= 15 is 0 Å². The quantitative estimate of drug-likeness (QED) is 0.0558. The van der Waals surface area contributed by atoms with Gasteiger partial charge in [-0.05, 0) is 64.5 Å². The molecule has 0 aromatic carbocycles. The molecule has 0 fully saturated rings. The van der Waals surface area contributed by atoms with Crippen LogP contribution in [0.15, 0.2) is 0 Å². The van der Waals surface area contributed by atoms with Crippen molar-refractivity contribution in [1.29, 1.82) is 0 Å². The summed E-state index contributed by atoms with van der Waals surface area (Å²) < 4.78 is 11.2. The molecular formula is C38H75NO5. The number of hydrogen-bond donors (Lipinski definition) is 1. The van der Waals surface area contributed by atoms with Gasteiger partial charge in [0.05, 0.1) is 13.2 Å². The normalized spacial score (nSPS) is 11.5. The number of ether oxygens (including phenoxy) is 2. The van der Waals surface area contributed by atoms with Crippen LogP contribution in [0.5, 0.6) is 0 Å². The zero-order chi connectivity index (χ0) is 32.4. The van der Waals surface area contributed by atoms with Crippen molar-refractivity contribution in [3.63, 3.8) is 0 Å². The van der Waals surface area contributed by atoms with Crippen molar-refractivity contribution in [1.82, 2.24) is 4.90 Å². The first-order valence-corrected chi connectivity index (χ1v) is 19.3. The van der Waals surface area contributed by atoms with Gasteiger partial charge >= 0.3 is 11.9 Å². The molecule has 0 aliphatic heterocycles. The molecule has 0 spiro atoms. The Balaban J connectivity index is 4.10. The number of carbonyl (C=O) groups is 2. The molecule has 0 bridgehead atoms. The largest absolute Gasteiger partial charge is 0.466 e. The number of nitrogens with zero attached hydrogens (tertiary/aromatic N) is 1. The molecule has 0 saturated carbocycles. The van der Waals surface area contributed by atoms with Crippen molar-refractivity contribution in [2.24, 2.45) is 0 Å². The zero-order valence-electron chi connectivity index (χ0n) is 29.7. The minimum absolute atomic E-state index is 0.0377. The second kappa shape index (κ2) is 34.7. The molecule has 44 heavy (non-hydrogen) atoms. The molecule has 0 aliphatic carbocycles. The van der Waals surface area contributed by atoms with Gasteiger partial charge in [0.25, 0.3) is 0 Å². The molecule has 0 aromatic rings. The van der Waals surface area contributed by atoms with Crippen LogP contribution in [0.2, 0.25) is 0 Å². The monoisotopic (exact) mass is 626 g/mol. The molecule has 1 N–H and O–H groups in total. The third-order valence-electron chi connectivity index (χ3n) is 8.70. The Morgan fingerprint density at radius 1 is 0.523 bits per heavy atom. The Morgan fingerprint density at radius 3 is 1.52 bits per heavy atom. The Morgan fingerprint density at radius 2 is 0.977 bits per heavy atom. The summed E-state index contributed by atoms with van der Waals surface area (Å²) in [6, 6.07) is 0. The molecule has 6 nitrogen and oxygen atoms in total. The molecule has 0 heterocycles. The summed E-state index contributed by atoms with van der Waals surface area (Å²) in [5.41, 5.74) is 0. The van der Waals surface area contributed by atoms with E-state index in [0.29, 0.717) is 26.0 Å². The molecule has 0 atom stereocenters. The Kier molecular flexibility index (Phi) is 33.8. The maximum absolute atomic E-state index is 12.7. The van der Waals surface area contributed by atoms with Crippen molar-refractivity contribution < 1.29 is 24.2 Å². The van der Waals surface area contributed by atoms with Gasteiger partial charge in [0.15, 0.2) is 0 Å². The van der Waals surface area contributed by atoms with E-state index < -0.39 is 0 Å². The molecular weight excluding hydrogens is 550 g/mol. The lowest BCUT2D eigenvalue weighted by atomic mass is 10.0. The van der Waals surface area contributed by atoms with Crippen LogP contribution < -0.4 is 0 Å². The van der Waals surface area contributed by atoms with Crippen molar-refractivity contribution in [2.75, 3.05) is 32.8 Å². The van der Waals surface area contributed by atoms with Gasteiger partial charge in [-0.1, -0.05) is 130 Å². The molecule has 0 aromatic heterocycles. The van der Waals surface area contributed by atoms with Crippen molar-refractivity contribution in [2.45, 2.75) is 200 Å². The zero-order valence-corrected chi connectivity index (χ0v) is 29.7.